The molecule has 0 spiro atoms. The van der Waals surface area contributed by atoms with Gasteiger partial charge in [-0.15, -0.1) is 0 Å². The summed E-state index contributed by atoms with van der Waals surface area (Å²) >= 11 is 3.92. The van der Waals surface area contributed by atoms with Crippen LogP contribution in [0.5, 0.6) is 0 Å². The molecule has 12 heteroatoms. The highest BCUT2D eigenvalue weighted by molar-refractivity contribution is 7.80. The first kappa shape index (κ1) is 26.9. The normalized spacial score (nSPS) is 14.3. The number of carboxylic acid groups (broad SMARTS) is 1. The summed E-state index contributed by atoms with van der Waals surface area (Å²) in [4.78, 5) is 60.1. The summed E-state index contributed by atoms with van der Waals surface area (Å²) in [6.45, 7) is 1.42. The number of nitrogens with two attached hydrogens (primary N) is 2. The Morgan fingerprint density at radius 3 is 1.97 bits per heavy atom. The Hall–Kier alpha value is -3.12. The molecule has 8 N–H and O–H groups in total. The van der Waals surface area contributed by atoms with E-state index in [9.17, 15) is 29.1 Å². The molecule has 4 unspecified atom stereocenters. The minimum atomic E-state index is -1.28. The van der Waals surface area contributed by atoms with Gasteiger partial charge in [0, 0.05) is 18.6 Å². The Kier molecular flexibility index (Phi) is 11.2. The van der Waals surface area contributed by atoms with Crippen LogP contribution in [0.15, 0.2) is 30.3 Å². The Morgan fingerprint density at radius 1 is 0.938 bits per heavy atom. The van der Waals surface area contributed by atoms with E-state index in [0.717, 1.165) is 0 Å². The smallest absolute Gasteiger partial charge is 0.327 e. The highest BCUT2D eigenvalue weighted by Gasteiger charge is 2.30. The topological polar surface area (TPSA) is 194 Å². The van der Waals surface area contributed by atoms with Crippen molar-refractivity contribution < 1.29 is 29.1 Å². The zero-order valence-corrected chi connectivity index (χ0v) is 18.5. The van der Waals surface area contributed by atoms with E-state index in [1.807, 2.05) is 0 Å². The van der Waals surface area contributed by atoms with Crippen molar-refractivity contribution in [2.24, 2.45) is 11.5 Å². The molecular formula is C20H29N5O6S. The van der Waals surface area contributed by atoms with E-state index < -0.39 is 53.8 Å². The molecule has 0 radical (unpaired) electrons. The fourth-order valence-corrected chi connectivity index (χ4v) is 2.90. The Morgan fingerprint density at radius 2 is 1.47 bits per heavy atom. The average Bonchev–Trinajstić information content (AvgIpc) is 2.74. The zero-order chi connectivity index (χ0) is 24.3. The minimum Gasteiger partial charge on any atom is -0.480 e. The van der Waals surface area contributed by atoms with Crippen LogP contribution in [-0.4, -0.2) is 64.6 Å². The Balaban J connectivity index is 3.07. The lowest BCUT2D eigenvalue weighted by molar-refractivity contribution is -0.141. The van der Waals surface area contributed by atoms with Crippen molar-refractivity contribution in [3.8, 4) is 0 Å². The van der Waals surface area contributed by atoms with Gasteiger partial charge in [-0.3, -0.25) is 19.2 Å². The number of nitrogens with one attached hydrogen (secondary N) is 3. The number of hydrogen-bond donors (Lipinski definition) is 7. The maximum absolute atomic E-state index is 12.9. The highest BCUT2D eigenvalue weighted by atomic mass is 32.1. The first-order chi connectivity index (χ1) is 15.0. The second-order valence-electron chi connectivity index (χ2n) is 7.19. The van der Waals surface area contributed by atoms with E-state index in [2.05, 4.69) is 28.6 Å². The third-order valence-corrected chi connectivity index (χ3v) is 4.80. The first-order valence-corrected chi connectivity index (χ1v) is 10.5. The number of amides is 4. The number of thiol groups is 1. The van der Waals surface area contributed by atoms with Gasteiger partial charge in [-0.1, -0.05) is 30.3 Å². The van der Waals surface area contributed by atoms with E-state index in [1.54, 1.807) is 30.3 Å². The average molecular weight is 468 g/mol. The largest absolute Gasteiger partial charge is 0.480 e. The van der Waals surface area contributed by atoms with E-state index in [0.29, 0.717) is 5.56 Å². The van der Waals surface area contributed by atoms with Gasteiger partial charge >= 0.3 is 5.97 Å². The summed E-state index contributed by atoms with van der Waals surface area (Å²) in [6.07, 6.45) is -0.234. The van der Waals surface area contributed by atoms with Crippen molar-refractivity contribution in [1.29, 1.82) is 0 Å². The molecule has 0 bridgehead atoms. The molecule has 0 saturated carbocycles. The number of carbonyl (C=O) groups excluding carboxylic acids is 4. The first-order valence-electron chi connectivity index (χ1n) is 9.87. The van der Waals surface area contributed by atoms with Crippen LogP contribution in [0.4, 0.5) is 0 Å². The van der Waals surface area contributed by atoms with Crippen LogP contribution in [-0.2, 0) is 30.4 Å². The van der Waals surface area contributed by atoms with Gasteiger partial charge in [0.25, 0.3) is 0 Å². The lowest BCUT2D eigenvalue weighted by Crippen LogP contribution is -2.57. The predicted molar refractivity (Wildman–Crippen MR) is 120 cm³/mol. The summed E-state index contributed by atoms with van der Waals surface area (Å²) < 4.78 is 0. The maximum atomic E-state index is 12.9. The number of carbonyl (C=O) groups is 5. The van der Waals surface area contributed by atoms with E-state index in [1.165, 1.54) is 6.92 Å². The zero-order valence-electron chi connectivity index (χ0n) is 17.6. The molecule has 4 amide bonds. The van der Waals surface area contributed by atoms with Crippen LogP contribution >= 0.6 is 12.6 Å². The van der Waals surface area contributed by atoms with Gasteiger partial charge in [0.2, 0.25) is 23.6 Å². The molecule has 176 valence electrons. The van der Waals surface area contributed by atoms with Crippen LogP contribution in [0.25, 0.3) is 0 Å². The van der Waals surface area contributed by atoms with Gasteiger partial charge in [0.15, 0.2) is 0 Å². The van der Waals surface area contributed by atoms with Crippen molar-refractivity contribution >= 4 is 42.2 Å². The third kappa shape index (κ3) is 9.35. The lowest BCUT2D eigenvalue weighted by atomic mass is 10.0. The van der Waals surface area contributed by atoms with Crippen LogP contribution in [0.2, 0.25) is 0 Å². The molecule has 0 heterocycles. The number of primary amides is 1. The number of benzene rings is 1. The van der Waals surface area contributed by atoms with Crippen molar-refractivity contribution in [3.05, 3.63) is 35.9 Å². The highest BCUT2D eigenvalue weighted by Crippen LogP contribution is 2.06. The molecular weight excluding hydrogens is 438 g/mol. The Bertz CT molecular complexity index is 820. The molecule has 1 aromatic carbocycles. The fourth-order valence-electron chi connectivity index (χ4n) is 2.65. The molecule has 1 rings (SSSR count). The Labute approximate surface area is 191 Å². The molecule has 32 heavy (non-hydrogen) atoms. The molecule has 4 atom stereocenters. The lowest BCUT2D eigenvalue weighted by Gasteiger charge is -2.24. The van der Waals surface area contributed by atoms with Gasteiger partial charge in [-0.25, -0.2) is 4.79 Å². The molecule has 0 aromatic heterocycles. The number of hydrogen-bond acceptors (Lipinski definition) is 7. The summed E-state index contributed by atoms with van der Waals surface area (Å²) in [5, 5.41) is 16.5. The minimum absolute atomic E-state index is 0.0566. The maximum Gasteiger partial charge on any atom is 0.327 e. The van der Waals surface area contributed by atoms with Gasteiger partial charge in [-0.05, 0) is 18.9 Å². The number of carboxylic acids is 1. The summed E-state index contributed by atoms with van der Waals surface area (Å²) in [5.41, 5.74) is 11.4. The standard InChI is InChI=1S/C20H29N5O6S/c1-11(21)17(27)23-13(7-8-16(22)26)18(28)24-14(9-12-5-3-2-4-6-12)19(29)25-15(10-32)20(30)31/h2-6,11,13-15,32H,7-10,21H2,1H3,(H2,22,26)(H,23,27)(H,24,28)(H,25,29)(H,30,31). The summed E-state index contributed by atoms with van der Waals surface area (Å²) in [7, 11) is 0. The SMILES string of the molecule is CC(N)C(=O)NC(CCC(N)=O)C(=O)NC(Cc1ccccc1)C(=O)NC(CS)C(=O)O. The quantitative estimate of drug-likeness (QED) is 0.168. The molecule has 0 aliphatic carbocycles. The molecule has 11 nitrogen and oxygen atoms in total. The monoisotopic (exact) mass is 467 g/mol. The van der Waals surface area contributed by atoms with Crippen LogP contribution in [0.3, 0.4) is 0 Å². The second kappa shape index (κ2) is 13.3. The van der Waals surface area contributed by atoms with Gasteiger partial charge in [0.05, 0.1) is 6.04 Å². The van der Waals surface area contributed by atoms with Gasteiger partial charge in [0.1, 0.15) is 18.1 Å². The van der Waals surface area contributed by atoms with E-state index >= 15 is 0 Å². The van der Waals surface area contributed by atoms with Gasteiger partial charge in [-0.2, -0.15) is 12.6 Å². The third-order valence-electron chi connectivity index (χ3n) is 4.44. The van der Waals surface area contributed by atoms with Crippen molar-refractivity contribution in [3.63, 3.8) is 0 Å². The van der Waals surface area contributed by atoms with Gasteiger partial charge < -0.3 is 32.5 Å². The van der Waals surface area contributed by atoms with Crippen molar-refractivity contribution in [2.75, 3.05) is 5.75 Å². The van der Waals surface area contributed by atoms with E-state index in [-0.39, 0.29) is 25.0 Å². The van der Waals surface area contributed by atoms with E-state index in [4.69, 9.17) is 11.5 Å². The number of aliphatic carboxylic acids is 1. The predicted octanol–water partition coefficient (Wildman–Crippen LogP) is -1.69. The van der Waals surface area contributed by atoms with Crippen LogP contribution in [0, 0.1) is 0 Å². The summed E-state index contributed by atoms with van der Waals surface area (Å²) in [6, 6.07) is 4.25. The molecule has 0 saturated heterocycles. The van der Waals surface area contributed by atoms with Crippen molar-refractivity contribution in [1.82, 2.24) is 16.0 Å². The molecule has 1 aromatic rings. The molecule has 0 aliphatic heterocycles. The molecule has 0 aliphatic rings. The summed E-state index contributed by atoms with van der Waals surface area (Å²) in [5.74, 6) is -4.21. The number of rotatable bonds is 13. The fraction of sp³-hybridized carbons (Fsp3) is 0.450. The van der Waals surface area contributed by atoms with Crippen molar-refractivity contribution in [2.45, 2.75) is 50.4 Å². The second-order valence-corrected chi connectivity index (χ2v) is 7.55. The van der Waals surface area contributed by atoms with Crippen LogP contribution < -0.4 is 27.4 Å². The van der Waals surface area contributed by atoms with Crippen LogP contribution in [0.1, 0.15) is 25.3 Å². The molecule has 0 fully saturated rings.